The van der Waals surface area contributed by atoms with Crippen molar-refractivity contribution in [3.05, 3.63) is 48.0 Å². The first-order chi connectivity index (χ1) is 15.0. The quantitative estimate of drug-likeness (QED) is 0.540. The molecular formula is C24H28N4O3. The van der Waals surface area contributed by atoms with Crippen molar-refractivity contribution in [2.24, 2.45) is 5.92 Å². The Kier molecular flexibility index (Phi) is 5.93. The molecule has 7 nitrogen and oxygen atoms in total. The summed E-state index contributed by atoms with van der Waals surface area (Å²) in [5, 5.41) is 23.3. The monoisotopic (exact) mass is 420 g/mol. The fraction of sp³-hybridized carbons (Fsp3) is 0.375. The zero-order chi connectivity index (χ0) is 22.0. The highest BCUT2D eigenvalue weighted by molar-refractivity contribution is 5.92. The van der Waals surface area contributed by atoms with Crippen LogP contribution in [0.3, 0.4) is 0 Å². The number of hydrogen-bond acceptors (Lipinski definition) is 5. The second-order valence-corrected chi connectivity index (χ2v) is 8.25. The molecule has 3 N–H and O–H groups in total. The lowest BCUT2D eigenvalue weighted by molar-refractivity contribution is 0.183. The second kappa shape index (κ2) is 8.79. The smallest absolute Gasteiger partial charge is 0.404 e. The fourth-order valence-electron chi connectivity index (χ4n) is 4.45. The number of aromatic hydroxyl groups is 1. The number of nitrogens with zero attached hydrogens (tertiary/aromatic N) is 3. The summed E-state index contributed by atoms with van der Waals surface area (Å²) >= 11 is 0. The number of benzene rings is 2. The minimum atomic E-state index is -0.971. The Balaban J connectivity index is 1.73. The van der Waals surface area contributed by atoms with E-state index in [4.69, 9.17) is 9.97 Å². The molecule has 2 atom stereocenters. The lowest BCUT2D eigenvalue weighted by Crippen LogP contribution is -2.40. The van der Waals surface area contributed by atoms with Crippen molar-refractivity contribution in [2.75, 3.05) is 18.0 Å². The third-order valence-electron chi connectivity index (χ3n) is 5.98. The van der Waals surface area contributed by atoms with Gasteiger partial charge in [-0.1, -0.05) is 31.5 Å². The predicted molar refractivity (Wildman–Crippen MR) is 122 cm³/mol. The van der Waals surface area contributed by atoms with Gasteiger partial charge in [-0.25, -0.2) is 14.8 Å². The molecule has 1 unspecified atom stereocenters. The third kappa shape index (κ3) is 4.40. The van der Waals surface area contributed by atoms with Crippen LogP contribution >= 0.6 is 0 Å². The van der Waals surface area contributed by atoms with E-state index in [1.165, 1.54) is 0 Å². The molecule has 2 heterocycles. The van der Waals surface area contributed by atoms with Crippen LogP contribution in [-0.4, -0.2) is 45.4 Å². The summed E-state index contributed by atoms with van der Waals surface area (Å²) < 4.78 is 0. The molecule has 0 saturated carbocycles. The van der Waals surface area contributed by atoms with E-state index in [-0.39, 0.29) is 17.7 Å². The molecule has 3 aromatic rings. The van der Waals surface area contributed by atoms with Crippen molar-refractivity contribution in [3.63, 3.8) is 0 Å². The van der Waals surface area contributed by atoms with Crippen LogP contribution in [0.2, 0.25) is 0 Å². The van der Waals surface area contributed by atoms with Gasteiger partial charge in [0.1, 0.15) is 11.6 Å². The number of fused-ring (bicyclic) bond motifs is 1. The van der Waals surface area contributed by atoms with Crippen molar-refractivity contribution < 1.29 is 15.0 Å². The number of phenols is 1. The molecule has 0 bridgehead atoms. The number of carboxylic acid groups (broad SMARTS) is 1. The Hall–Kier alpha value is -3.35. The summed E-state index contributed by atoms with van der Waals surface area (Å²) in [6, 6.07) is 13.1. The summed E-state index contributed by atoms with van der Waals surface area (Å²) in [7, 11) is 0. The standard InChI is InChI=1S/C24H28N4O3/c1-3-6-19(26-24(30)31)16-11-12-28(14-16)23-17-10-9-15(2)13-20(17)25-22(27-23)18-7-4-5-8-21(18)29/h4-5,7-10,13,16,19,26,29H,3,6,11-12,14H2,1-2H3,(H,30,31)/t16-,19?/m0/s1. The lowest BCUT2D eigenvalue weighted by atomic mass is 9.95. The number of rotatable bonds is 6. The molecule has 1 aliphatic heterocycles. The number of amides is 1. The lowest BCUT2D eigenvalue weighted by Gasteiger charge is -2.25. The number of hydrogen-bond donors (Lipinski definition) is 3. The molecular weight excluding hydrogens is 392 g/mol. The zero-order valence-electron chi connectivity index (χ0n) is 17.9. The molecule has 31 heavy (non-hydrogen) atoms. The van der Waals surface area contributed by atoms with Crippen LogP contribution in [0.25, 0.3) is 22.3 Å². The van der Waals surface area contributed by atoms with Crippen LogP contribution in [0, 0.1) is 12.8 Å². The van der Waals surface area contributed by atoms with E-state index in [1.54, 1.807) is 12.1 Å². The van der Waals surface area contributed by atoms with Crippen LogP contribution in [0.15, 0.2) is 42.5 Å². The summed E-state index contributed by atoms with van der Waals surface area (Å²) in [6.07, 6.45) is 1.67. The van der Waals surface area contributed by atoms with Crippen LogP contribution in [0.5, 0.6) is 5.75 Å². The average molecular weight is 421 g/mol. The Morgan fingerprint density at radius 1 is 1.26 bits per heavy atom. The highest BCUT2D eigenvalue weighted by Gasteiger charge is 2.32. The van der Waals surface area contributed by atoms with E-state index < -0.39 is 6.09 Å². The van der Waals surface area contributed by atoms with Crippen LogP contribution in [0.1, 0.15) is 31.7 Å². The minimum Gasteiger partial charge on any atom is -0.507 e. The van der Waals surface area contributed by atoms with Gasteiger partial charge in [-0.15, -0.1) is 0 Å². The molecule has 4 rings (SSSR count). The van der Waals surface area contributed by atoms with E-state index in [2.05, 4.69) is 17.1 Å². The maximum absolute atomic E-state index is 11.3. The van der Waals surface area contributed by atoms with Crippen molar-refractivity contribution in [3.8, 4) is 17.1 Å². The highest BCUT2D eigenvalue weighted by Crippen LogP contribution is 2.34. The molecule has 0 aliphatic carbocycles. The van der Waals surface area contributed by atoms with Gasteiger partial charge in [-0.2, -0.15) is 0 Å². The van der Waals surface area contributed by atoms with E-state index in [0.717, 1.165) is 54.6 Å². The van der Waals surface area contributed by atoms with Gasteiger partial charge in [0.15, 0.2) is 5.82 Å². The van der Waals surface area contributed by atoms with E-state index in [0.29, 0.717) is 11.4 Å². The predicted octanol–water partition coefficient (Wildman–Crippen LogP) is 4.57. The van der Waals surface area contributed by atoms with Crippen molar-refractivity contribution >= 4 is 22.8 Å². The summed E-state index contributed by atoms with van der Waals surface area (Å²) in [5.74, 6) is 1.69. The number of para-hydroxylation sites is 1. The largest absolute Gasteiger partial charge is 0.507 e. The molecule has 162 valence electrons. The number of aryl methyl sites for hydroxylation is 1. The van der Waals surface area contributed by atoms with Gasteiger partial charge in [0.2, 0.25) is 0 Å². The third-order valence-corrected chi connectivity index (χ3v) is 5.98. The Labute approximate surface area is 181 Å². The molecule has 1 aromatic heterocycles. The first kappa shape index (κ1) is 20.9. The SMILES string of the molecule is CCCC(NC(=O)O)[C@H]1CCN(c2nc(-c3ccccc3O)nc3cc(C)ccc23)C1. The first-order valence-electron chi connectivity index (χ1n) is 10.8. The molecule has 7 heteroatoms. The molecule has 1 aliphatic rings. The van der Waals surface area contributed by atoms with Gasteiger partial charge in [-0.05, 0) is 55.5 Å². The Morgan fingerprint density at radius 3 is 2.81 bits per heavy atom. The summed E-state index contributed by atoms with van der Waals surface area (Å²) in [6.45, 7) is 5.62. The summed E-state index contributed by atoms with van der Waals surface area (Å²) in [5.41, 5.74) is 2.54. The van der Waals surface area contributed by atoms with Crippen LogP contribution in [0.4, 0.5) is 10.6 Å². The number of anilines is 1. The van der Waals surface area contributed by atoms with Gasteiger partial charge < -0.3 is 20.4 Å². The second-order valence-electron chi connectivity index (χ2n) is 8.25. The maximum atomic E-state index is 11.3. The van der Waals surface area contributed by atoms with Gasteiger partial charge >= 0.3 is 6.09 Å². The number of aromatic nitrogens is 2. The Bertz CT molecular complexity index is 1100. The molecule has 0 spiro atoms. The topological polar surface area (TPSA) is 98.6 Å². The van der Waals surface area contributed by atoms with Gasteiger partial charge in [0.05, 0.1) is 11.1 Å². The molecule has 1 fully saturated rings. The normalized spacial score (nSPS) is 17.1. The fourth-order valence-corrected chi connectivity index (χ4v) is 4.45. The minimum absolute atomic E-state index is 0.0690. The van der Waals surface area contributed by atoms with Gasteiger partial charge in [-0.3, -0.25) is 0 Å². The molecule has 0 radical (unpaired) electrons. The Morgan fingerprint density at radius 2 is 2.06 bits per heavy atom. The van der Waals surface area contributed by atoms with Gasteiger partial charge in [0, 0.05) is 24.5 Å². The molecule has 1 amide bonds. The van der Waals surface area contributed by atoms with E-state index in [9.17, 15) is 15.0 Å². The average Bonchev–Trinajstić information content (AvgIpc) is 3.22. The van der Waals surface area contributed by atoms with E-state index in [1.807, 2.05) is 37.3 Å². The number of nitrogens with one attached hydrogen (secondary N) is 1. The summed E-state index contributed by atoms with van der Waals surface area (Å²) in [4.78, 5) is 23.1. The number of carbonyl (C=O) groups is 1. The van der Waals surface area contributed by atoms with Crippen molar-refractivity contribution in [1.82, 2.24) is 15.3 Å². The van der Waals surface area contributed by atoms with E-state index >= 15 is 0 Å². The van der Waals surface area contributed by atoms with Crippen molar-refractivity contribution in [1.29, 1.82) is 0 Å². The van der Waals surface area contributed by atoms with Crippen LogP contribution in [-0.2, 0) is 0 Å². The van der Waals surface area contributed by atoms with Crippen molar-refractivity contribution in [2.45, 2.75) is 39.2 Å². The van der Waals surface area contributed by atoms with Crippen LogP contribution < -0.4 is 10.2 Å². The highest BCUT2D eigenvalue weighted by atomic mass is 16.4. The zero-order valence-corrected chi connectivity index (χ0v) is 17.9. The van der Waals surface area contributed by atoms with Gasteiger partial charge in [0.25, 0.3) is 0 Å². The molecule has 2 aromatic carbocycles. The number of phenolic OH excluding ortho intramolecular Hbond substituents is 1. The molecule has 1 saturated heterocycles. The maximum Gasteiger partial charge on any atom is 0.404 e. The first-order valence-corrected chi connectivity index (χ1v) is 10.8.